The number of carbonyl (C=O) groups is 1. The van der Waals surface area contributed by atoms with Crippen LogP contribution in [0.25, 0.3) is 0 Å². The number of hydrogen-bond acceptors (Lipinski definition) is 5. The van der Waals surface area contributed by atoms with Crippen LogP contribution in [-0.2, 0) is 9.53 Å². The molecular weight excluding hydrogens is 324 g/mol. The normalized spacial score (nSPS) is 32.2. The van der Waals surface area contributed by atoms with Crippen molar-refractivity contribution in [2.45, 2.75) is 69.9 Å². The first-order valence-electron chi connectivity index (χ1n) is 8.83. The molecule has 0 unspecified atom stereocenters. The van der Waals surface area contributed by atoms with E-state index in [-0.39, 0.29) is 18.6 Å². The molecule has 0 radical (unpaired) electrons. The van der Waals surface area contributed by atoms with Crippen molar-refractivity contribution in [3.63, 3.8) is 0 Å². The molecule has 1 saturated heterocycles. The quantitative estimate of drug-likeness (QED) is 0.286. The number of fused-ring (bicyclic) bond motifs is 1. The van der Waals surface area contributed by atoms with Gasteiger partial charge in [0.05, 0.1) is 6.61 Å². The van der Waals surface area contributed by atoms with Gasteiger partial charge in [0.25, 0.3) is 0 Å². The summed E-state index contributed by atoms with van der Waals surface area (Å²) in [5.74, 6) is -1.03. The Hall–Kier alpha value is -1.47. The second-order valence-electron chi connectivity index (χ2n) is 6.77. The van der Waals surface area contributed by atoms with Crippen molar-refractivity contribution in [3.05, 3.63) is 34.9 Å². The van der Waals surface area contributed by atoms with Crippen LogP contribution in [0.1, 0.15) is 46.0 Å². The highest BCUT2D eigenvalue weighted by Gasteiger charge is 2.67. The molecule has 2 rings (SSSR count). The first-order chi connectivity index (χ1) is 11.9. The third-order valence-electron chi connectivity index (χ3n) is 5.05. The summed E-state index contributed by atoms with van der Waals surface area (Å²) < 4.78 is 5.60. The number of hydrogen-bond donors (Lipinski definition) is 4. The Balaban J connectivity index is 2.19. The molecule has 0 amide bonds. The number of carboxylic acid groups (broad SMARTS) is 1. The third-order valence-corrected chi connectivity index (χ3v) is 5.05. The number of rotatable bonds is 9. The van der Waals surface area contributed by atoms with E-state index >= 15 is 0 Å². The molecule has 0 bridgehead atoms. The van der Waals surface area contributed by atoms with Crippen LogP contribution in [-0.4, -0.2) is 56.9 Å². The van der Waals surface area contributed by atoms with Crippen molar-refractivity contribution in [1.29, 1.82) is 0 Å². The summed E-state index contributed by atoms with van der Waals surface area (Å²) >= 11 is 0. The highest BCUT2D eigenvalue weighted by Crippen LogP contribution is 2.52. The minimum Gasteiger partial charge on any atom is -0.478 e. The molecule has 0 aromatic carbocycles. The molecule has 6 heteroatoms. The number of aliphatic hydroxyl groups is 3. The Morgan fingerprint density at radius 1 is 1.32 bits per heavy atom. The molecule has 2 aliphatic rings. The second kappa shape index (κ2) is 8.27. The molecule has 0 aromatic heterocycles. The standard InChI is InChI=1S/C19H28O6/c1-3-4-5-6-7-8-13-14(11-20)15(21)17-19(25-17,16(13)22)10-9-12(2)18(23)24/h7-9,15-17,20-22H,3-6,10-11H2,1-2H3,(H,23,24)/b8-7+,12-9+/t15-,16-,17+,19-/m1/s1. The average molecular weight is 352 g/mol. The maximum absolute atomic E-state index is 11.0. The average Bonchev–Trinajstić information content (AvgIpc) is 3.33. The monoisotopic (exact) mass is 352 g/mol. The van der Waals surface area contributed by atoms with E-state index in [1.54, 1.807) is 6.08 Å². The van der Waals surface area contributed by atoms with Crippen molar-refractivity contribution in [3.8, 4) is 0 Å². The van der Waals surface area contributed by atoms with Crippen LogP contribution in [0.4, 0.5) is 0 Å². The molecule has 1 aliphatic heterocycles. The molecule has 25 heavy (non-hydrogen) atoms. The Labute approximate surface area is 148 Å². The number of allylic oxidation sites excluding steroid dienone is 1. The van der Waals surface area contributed by atoms with E-state index in [9.17, 15) is 20.1 Å². The predicted molar refractivity (Wildman–Crippen MR) is 93.0 cm³/mol. The van der Waals surface area contributed by atoms with Gasteiger partial charge >= 0.3 is 5.97 Å². The van der Waals surface area contributed by atoms with Gasteiger partial charge in [-0.05, 0) is 30.9 Å². The van der Waals surface area contributed by atoms with E-state index in [2.05, 4.69) is 6.92 Å². The van der Waals surface area contributed by atoms with Gasteiger partial charge in [0.2, 0.25) is 0 Å². The molecule has 0 aromatic rings. The van der Waals surface area contributed by atoms with Gasteiger partial charge in [-0.25, -0.2) is 4.79 Å². The van der Waals surface area contributed by atoms with E-state index in [4.69, 9.17) is 9.84 Å². The lowest BCUT2D eigenvalue weighted by Crippen LogP contribution is -2.43. The van der Waals surface area contributed by atoms with Crippen molar-refractivity contribution in [2.24, 2.45) is 0 Å². The van der Waals surface area contributed by atoms with Crippen molar-refractivity contribution in [2.75, 3.05) is 6.61 Å². The summed E-state index contributed by atoms with van der Waals surface area (Å²) in [5, 5.41) is 39.8. The van der Waals surface area contributed by atoms with Gasteiger partial charge in [0.15, 0.2) is 0 Å². The van der Waals surface area contributed by atoms with Crippen molar-refractivity contribution < 1.29 is 30.0 Å². The van der Waals surface area contributed by atoms with Gasteiger partial charge in [0, 0.05) is 12.0 Å². The van der Waals surface area contributed by atoms with Gasteiger partial charge in [0.1, 0.15) is 23.9 Å². The molecular formula is C19H28O6. The highest BCUT2D eigenvalue weighted by molar-refractivity contribution is 5.85. The van der Waals surface area contributed by atoms with Crippen LogP contribution >= 0.6 is 0 Å². The zero-order chi connectivity index (χ0) is 18.6. The zero-order valence-corrected chi connectivity index (χ0v) is 14.8. The Morgan fingerprint density at radius 3 is 2.64 bits per heavy atom. The van der Waals surface area contributed by atoms with E-state index in [1.807, 2.05) is 6.08 Å². The van der Waals surface area contributed by atoms with Gasteiger partial charge in [-0.2, -0.15) is 0 Å². The lowest BCUT2D eigenvalue weighted by atomic mass is 9.77. The van der Waals surface area contributed by atoms with E-state index < -0.39 is 29.9 Å². The van der Waals surface area contributed by atoms with Crippen molar-refractivity contribution in [1.82, 2.24) is 0 Å². The molecule has 140 valence electrons. The van der Waals surface area contributed by atoms with Gasteiger partial charge in [-0.15, -0.1) is 0 Å². The number of epoxide rings is 1. The first-order valence-corrected chi connectivity index (χ1v) is 8.83. The Morgan fingerprint density at radius 2 is 2.04 bits per heavy atom. The lowest BCUT2D eigenvalue weighted by Gasteiger charge is -2.29. The van der Waals surface area contributed by atoms with Crippen LogP contribution in [0.5, 0.6) is 0 Å². The number of aliphatic carboxylic acids is 1. The topological polar surface area (TPSA) is 111 Å². The van der Waals surface area contributed by atoms with Crippen LogP contribution in [0.2, 0.25) is 0 Å². The predicted octanol–water partition coefficient (Wildman–Crippen LogP) is 1.71. The minimum atomic E-state index is -1.03. The molecule has 1 heterocycles. The summed E-state index contributed by atoms with van der Waals surface area (Å²) in [4.78, 5) is 11.0. The fourth-order valence-corrected chi connectivity index (χ4v) is 3.33. The number of ether oxygens (including phenoxy) is 1. The second-order valence-corrected chi connectivity index (χ2v) is 6.77. The minimum absolute atomic E-state index is 0.166. The molecule has 1 aliphatic carbocycles. The van der Waals surface area contributed by atoms with Gasteiger partial charge < -0.3 is 25.2 Å². The van der Waals surface area contributed by atoms with Crippen molar-refractivity contribution >= 4 is 5.97 Å². The molecule has 1 fully saturated rings. The summed E-state index contributed by atoms with van der Waals surface area (Å²) in [6.45, 7) is 3.25. The van der Waals surface area contributed by atoms with E-state index in [0.717, 1.165) is 25.7 Å². The highest BCUT2D eigenvalue weighted by atomic mass is 16.6. The van der Waals surface area contributed by atoms with E-state index in [0.29, 0.717) is 11.1 Å². The summed E-state index contributed by atoms with van der Waals surface area (Å²) in [6.07, 6.45) is 6.89. The first kappa shape index (κ1) is 19.8. The summed E-state index contributed by atoms with van der Waals surface area (Å²) in [7, 11) is 0. The third kappa shape index (κ3) is 4.03. The molecule has 4 atom stereocenters. The zero-order valence-electron chi connectivity index (χ0n) is 14.8. The van der Waals surface area contributed by atoms with Crippen LogP contribution < -0.4 is 0 Å². The molecule has 0 saturated carbocycles. The SMILES string of the molecule is CCCCC/C=C/C1=C(CO)[C@@H](O)[C@@H]2O[C@]2(C/C=C(\C)C(=O)O)[C@@H]1O. The summed E-state index contributed by atoms with van der Waals surface area (Å²) in [6, 6.07) is 0. The van der Waals surface area contributed by atoms with Gasteiger partial charge in [-0.1, -0.05) is 38.0 Å². The van der Waals surface area contributed by atoms with Crippen LogP contribution in [0.15, 0.2) is 34.9 Å². The van der Waals surface area contributed by atoms with Crippen LogP contribution in [0, 0.1) is 0 Å². The van der Waals surface area contributed by atoms with Crippen LogP contribution in [0.3, 0.4) is 0 Å². The number of unbranched alkanes of at least 4 members (excludes halogenated alkanes) is 3. The molecule has 6 nitrogen and oxygen atoms in total. The molecule has 0 spiro atoms. The number of carboxylic acids is 1. The largest absolute Gasteiger partial charge is 0.478 e. The van der Waals surface area contributed by atoms with Gasteiger partial charge in [-0.3, -0.25) is 0 Å². The fraction of sp³-hybridized carbons (Fsp3) is 0.632. The number of aliphatic hydroxyl groups excluding tert-OH is 3. The maximum atomic E-state index is 11.0. The lowest BCUT2D eigenvalue weighted by molar-refractivity contribution is -0.132. The summed E-state index contributed by atoms with van der Waals surface area (Å²) in [5.41, 5.74) is -0.00502. The Bertz CT molecular complexity index is 591. The Kier molecular flexibility index (Phi) is 6.57. The smallest absolute Gasteiger partial charge is 0.330 e. The van der Waals surface area contributed by atoms with E-state index in [1.165, 1.54) is 13.0 Å². The maximum Gasteiger partial charge on any atom is 0.330 e. The molecule has 4 N–H and O–H groups in total. The fourth-order valence-electron chi connectivity index (χ4n) is 3.33.